The molecule has 5 heteroatoms. The zero-order valence-corrected chi connectivity index (χ0v) is 11.8. The van der Waals surface area contributed by atoms with Gasteiger partial charge in [0.2, 0.25) is 0 Å². The van der Waals surface area contributed by atoms with Crippen molar-refractivity contribution >= 4 is 12.1 Å². The van der Waals surface area contributed by atoms with Crippen molar-refractivity contribution in [2.24, 2.45) is 0 Å². The van der Waals surface area contributed by atoms with Gasteiger partial charge in [0.15, 0.2) is 0 Å². The Bertz CT molecular complexity index is 307. The summed E-state index contributed by atoms with van der Waals surface area (Å²) in [6, 6.07) is -0.756. The van der Waals surface area contributed by atoms with E-state index in [-0.39, 0.29) is 6.10 Å². The first-order chi connectivity index (χ1) is 8.19. The van der Waals surface area contributed by atoms with Crippen LogP contribution in [-0.2, 0) is 14.3 Å². The summed E-state index contributed by atoms with van der Waals surface area (Å²) in [6.07, 6.45) is 1.23. The predicted molar refractivity (Wildman–Crippen MR) is 69.2 cm³/mol. The number of alkyl carbamates (subject to hydrolysis) is 1. The van der Waals surface area contributed by atoms with Gasteiger partial charge in [-0.25, -0.2) is 9.59 Å². The first kappa shape index (κ1) is 16.5. The molecule has 104 valence electrons. The van der Waals surface area contributed by atoms with E-state index in [0.29, 0.717) is 6.42 Å². The van der Waals surface area contributed by atoms with Gasteiger partial charge >= 0.3 is 12.1 Å². The maximum absolute atomic E-state index is 11.6. The number of carbonyl (C=O) groups excluding carboxylic acids is 2. The van der Waals surface area contributed by atoms with E-state index in [2.05, 4.69) is 11.9 Å². The molecule has 1 N–H and O–H groups in total. The van der Waals surface area contributed by atoms with Crippen LogP contribution in [0.5, 0.6) is 0 Å². The minimum atomic E-state index is -0.756. The normalized spacial score (nSPS) is 14.3. The van der Waals surface area contributed by atoms with Gasteiger partial charge in [0.1, 0.15) is 17.7 Å². The Hall–Kier alpha value is -1.52. The first-order valence-electron chi connectivity index (χ1n) is 6.02. The fourth-order valence-electron chi connectivity index (χ4n) is 1.09. The third-order valence-electron chi connectivity index (χ3n) is 2.02. The van der Waals surface area contributed by atoms with Crippen LogP contribution in [0.1, 0.15) is 41.0 Å². The Morgan fingerprint density at radius 1 is 1.39 bits per heavy atom. The molecule has 0 rings (SSSR count). The van der Waals surface area contributed by atoms with Crippen molar-refractivity contribution in [2.75, 3.05) is 0 Å². The summed E-state index contributed by atoms with van der Waals surface area (Å²) >= 11 is 0. The molecule has 0 saturated carbocycles. The van der Waals surface area contributed by atoms with Gasteiger partial charge in [-0.2, -0.15) is 0 Å². The van der Waals surface area contributed by atoms with E-state index < -0.39 is 23.7 Å². The van der Waals surface area contributed by atoms with Crippen molar-refractivity contribution in [3.05, 3.63) is 12.7 Å². The highest BCUT2D eigenvalue weighted by Gasteiger charge is 2.22. The molecule has 18 heavy (non-hydrogen) atoms. The fourth-order valence-corrected chi connectivity index (χ4v) is 1.09. The Morgan fingerprint density at radius 2 is 1.94 bits per heavy atom. The van der Waals surface area contributed by atoms with Gasteiger partial charge in [0.25, 0.3) is 0 Å². The summed E-state index contributed by atoms with van der Waals surface area (Å²) in [5.41, 5.74) is -0.596. The summed E-state index contributed by atoms with van der Waals surface area (Å²) < 4.78 is 10.2. The molecule has 0 aliphatic heterocycles. The number of hydrogen-bond acceptors (Lipinski definition) is 4. The Morgan fingerprint density at radius 3 is 2.33 bits per heavy atom. The van der Waals surface area contributed by atoms with Gasteiger partial charge in [-0.15, -0.1) is 0 Å². The maximum atomic E-state index is 11.6. The molecule has 0 aromatic heterocycles. The van der Waals surface area contributed by atoms with Gasteiger partial charge in [-0.1, -0.05) is 19.6 Å². The molecule has 0 heterocycles. The van der Waals surface area contributed by atoms with E-state index >= 15 is 0 Å². The summed E-state index contributed by atoms with van der Waals surface area (Å²) in [7, 11) is 0. The van der Waals surface area contributed by atoms with Crippen LogP contribution in [0.3, 0.4) is 0 Å². The average molecular weight is 257 g/mol. The van der Waals surface area contributed by atoms with Gasteiger partial charge < -0.3 is 14.8 Å². The lowest BCUT2D eigenvalue weighted by atomic mass is 10.2. The van der Waals surface area contributed by atoms with E-state index in [1.165, 1.54) is 0 Å². The zero-order valence-electron chi connectivity index (χ0n) is 11.8. The SMILES string of the molecule is C=C[C@@H](CC)OC(=O)[C@H](C)NC(=O)OC(C)(C)C. The molecule has 1 amide bonds. The fraction of sp³-hybridized carbons (Fsp3) is 0.692. The molecule has 0 fully saturated rings. The third kappa shape index (κ3) is 6.93. The second kappa shape index (κ2) is 7.03. The number of esters is 1. The van der Waals surface area contributed by atoms with E-state index in [4.69, 9.17) is 9.47 Å². The highest BCUT2D eigenvalue weighted by Crippen LogP contribution is 2.07. The van der Waals surface area contributed by atoms with Crippen molar-refractivity contribution in [1.29, 1.82) is 0 Å². The van der Waals surface area contributed by atoms with Crippen LogP contribution in [0.25, 0.3) is 0 Å². The quantitative estimate of drug-likeness (QED) is 0.606. The molecule has 0 aromatic carbocycles. The van der Waals surface area contributed by atoms with Crippen molar-refractivity contribution in [1.82, 2.24) is 5.32 Å². The molecule has 0 saturated heterocycles. The standard InChI is InChI=1S/C13H23NO4/c1-7-10(8-2)17-11(15)9(3)14-12(16)18-13(4,5)6/h7,9-10H,1,8H2,2-6H3,(H,14,16)/t9-,10-/m0/s1. The van der Waals surface area contributed by atoms with Crippen LogP contribution in [0.2, 0.25) is 0 Å². The largest absolute Gasteiger partial charge is 0.457 e. The number of nitrogens with one attached hydrogen (secondary N) is 1. The summed E-state index contributed by atoms with van der Waals surface area (Å²) in [6.45, 7) is 12.2. The predicted octanol–water partition coefficient (Wildman–Crippen LogP) is 2.41. The van der Waals surface area contributed by atoms with E-state index in [1.54, 1.807) is 33.8 Å². The van der Waals surface area contributed by atoms with Gasteiger partial charge in [-0.05, 0) is 34.1 Å². The molecule has 0 bridgehead atoms. The lowest BCUT2D eigenvalue weighted by Crippen LogP contribution is -2.43. The van der Waals surface area contributed by atoms with Crippen LogP contribution < -0.4 is 5.32 Å². The van der Waals surface area contributed by atoms with Crippen molar-refractivity contribution in [2.45, 2.75) is 58.8 Å². The van der Waals surface area contributed by atoms with E-state index in [1.807, 2.05) is 6.92 Å². The number of ether oxygens (including phenoxy) is 2. The number of carbonyl (C=O) groups is 2. The lowest BCUT2D eigenvalue weighted by Gasteiger charge is -2.22. The molecule has 0 unspecified atom stereocenters. The Labute approximate surface area is 109 Å². The smallest absolute Gasteiger partial charge is 0.408 e. The monoisotopic (exact) mass is 257 g/mol. The van der Waals surface area contributed by atoms with Crippen molar-refractivity contribution in [3.8, 4) is 0 Å². The average Bonchev–Trinajstić information content (AvgIpc) is 2.22. The molecule has 2 atom stereocenters. The topological polar surface area (TPSA) is 64.6 Å². The Kier molecular flexibility index (Phi) is 6.44. The summed E-state index contributed by atoms with van der Waals surface area (Å²) in [4.78, 5) is 23.1. The summed E-state index contributed by atoms with van der Waals surface area (Å²) in [5, 5.41) is 2.42. The number of hydrogen-bond donors (Lipinski definition) is 1. The van der Waals surface area contributed by atoms with Gasteiger partial charge in [-0.3, -0.25) is 0 Å². The lowest BCUT2D eigenvalue weighted by molar-refractivity contribution is -0.149. The van der Waals surface area contributed by atoms with E-state index in [9.17, 15) is 9.59 Å². The maximum Gasteiger partial charge on any atom is 0.408 e. The van der Waals surface area contributed by atoms with E-state index in [0.717, 1.165) is 0 Å². The highest BCUT2D eigenvalue weighted by molar-refractivity contribution is 5.81. The highest BCUT2D eigenvalue weighted by atomic mass is 16.6. The van der Waals surface area contributed by atoms with Gasteiger partial charge in [0.05, 0.1) is 0 Å². The van der Waals surface area contributed by atoms with Crippen LogP contribution >= 0.6 is 0 Å². The summed E-state index contributed by atoms with van der Waals surface area (Å²) in [5.74, 6) is -0.507. The van der Waals surface area contributed by atoms with Gasteiger partial charge in [0, 0.05) is 0 Å². The van der Waals surface area contributed by atoms with Crippen molar-refractivity contribution < 1.29 is 19.1 Å². The van der Waals surface area contributed by atoms with Crippen LogP contribution in [0.15, 0.2) is 12.7 Å². The Balaban J connectivity index is 4.23. The van der Waals surface area contributed by atoms with Crippen molar-refractivity contribution in [3.63, 3.8) is 0 Å². The second-order valence-corrected chi connectivity index (χ2v) is 4.99. The zero-order chi connectivity index (χ0) is 14.3. The number of rotatable bonds is 5. The molecule has 0 aliphatic carbocycles. The first-order valence-corrected chi connectivity index (χ1v) is 6.02. The van der Waals surface area contributed by atoms with Crippen LogP contribution in [0.4, 0.5) is 4.79 Å². The number of amides is 1. The third-order valence-corrected chi connectivity index (χ3v) is 2.02. The molecule has 0 aromatic rings. The molecule has 5 nitrogen and oxygen atoms in total. The minimum Gasteiger partial charge on any atom is -0.457 e. The molecular formula is C13H23NO4. The minimum absolute atomic E-state index is 0.333. The molecule has 0 radical (unpaired) electrons. The molecule has 0 spiro atoms. The van der Waals surface area contributed by atoms with Crippen LogP contribution in [-0.4, -0.2) is 29.8 Å². The van der Waals surface area contributed by atoms with Crippen LogP contribution in [0, 0.1) is 0 Å². The second-order valence-electron chi connectivity index (χ2n) is 4.99. The molecular weight excluding hydrogens is 234 g/mol. The molecule has 0 aliphatic rings.